The standard InChI is InChI=1S/C13H24N2OS/c1-4-7-8-10(5-2)9-12(16)13-11(6-3)14-15-17-13/h10,12,16H,4-9H2,1-3H3. The largest absolute Gasteiger partial charge is 0.387 e. The van der Waals surface area contributed by atoms with Crippen molar-refractivity contribution < 1.29 is 5.11 Å². The van der Waals surface area contributed by atoms with Crippen LogP contribution in [0.5, 0.6) is 0 Å². The lowest BCUT2D eigenvalue weighted by Gasteiger charge is -2.18. The van der Waals surface area contributed by atoms with E-state index < -0.39 is 0 Å². The summed E-state index contributed by atoms with van der Waals surface area (Å²) in [4.78, 5) is 0.974. The highest BCUT2D eigenvalue weighted by atomic mass is 32.1. The minimum Gasteiger partial charge on any atom is -0.387 e. The second-order valence-corrected chi connectivity index (χ2v) is 5.39. The van der Waals surface area contributed by atoms with E-state index in [1.54, 1.807) is 0 Å². The molecule has 0 spiro atoms. The number of aromatic nitrogens is 2. The molecular weight excluding hydrogens is 232 g/mol. The molecule has 2 unspecified atom stereocenters. The molecule has 0 radical (unpaired) electrons. The van der Waals surface area contributed by atoms with Crippen LogP contribution in [0.25, 0.3) is 0 Å². The third-order valence-corrected chi connectivity index (χ3v) is 4.19. The summed E-state index contributed by atoms with van der Waals surface area (Å²) < 4.78 is 3.94. The molecule has 0 aliphatic heterocycles. The summed E-state index contributed by atoms with van der Waals surface area (Å²) in [5, 5.41) is 14.3. The van der Waals surface area contributed by atoms with Crippen molar-refractivity contribution in [1.82, 2.24) is 9.59 Å². The molecule has 17 heavy (non-hydrogen) atoms. The molecule has 0 saturated carbocycles. The second-order valence-electron chi connectivity index (χ2n) is 4.61. The molecule has 3 nitrogen and oxygen atoms in total. The number of rotatable bonds is 8. The van der Waals surface area contributed by atoms with Crippen LogP contribution in [0.2, 0.25) is 0 Å². The van der Waals surface area contributed by atoms with E-state index in [2.05, 4.69) is 30.4 Å². The summed E-state index contributed by atoms with van der Waals surface area (Å²) in [6.45, 7) is 6.48. The van der Waals surface area contributed by atoms with E-state index in [0.717, 1.165) is 29.8 Å². The van der Waals surface area contributed by atoms with Crippen molar-refractivity contribution in [3.05, 3.63) is 10.6 Å². The maximum absolute atomic E-state index is 10.3. The van der Waals surface area contributed by atoms with E-state index in [0.29, 0.717) is 5.92 Å². The van der Waals surface area contributed by atoms with E-state index in [1.807, 2.05) is 0 Å². The zero-order valence-electron chi connectivity index (χ0n) is 11.1. The SMILES string of the molecule is CCCCC(CC)CC(O)c1snnc1CC. The molecule has 0 aromatic carbocycles. The molecule has 1 rings (SSSR count). The summed E-state index contributed by atoms with van der Waals surface area (Å²) >= 11 is 1.35. The minimum absolute atomic E-state index is 0.369. The lowest BCUT2D eigenvalue weighted by molar-refractivity contribution is 0.141. The molecule has 0 fully saturated rings. The van der Waals surface area contributed by atoms with Crippen molar-refractivity contribution in [2.75, 3.05) is 0 Å². The Morgan fingerprint density at radius 3 is 2.65 bits per heavy atom. The van der Waals surface area contributed by atoms with Crippen LogP contribution in [0.1, 0.15) is 69.6 Å². The first-order valence-corrected chi connectivity index (χ1v) is 7.49. The molecular formula is C13H24N2OS. The summed E-state index contributed by atoms with van der Waals surface area (Å²) in [6.07, 6.45) is 6.19. The van der Waals surface area contributed by atoms with Crippen molar-refractivity contribution in [2.45, 2.75) is 65.4 Å². The monoisotopic (exact) mass is 256 g/mol. The van der Waals surface area contributed by atoms with Crippen LogP contribution in [0.4, 0.5) is 0 Å². The zero-order chi connectivity index (χ0) is 12.7. The number of aliphatic hydroxyl groups is 1. The molecule has 98 valence electrons. The van der Waals surface area contributed by atoms with Gasteiger partial charge in [-0.1, -0.05) is 50.9 Å². The minimum atomic E-state index is -0.369. The summed E-state index contributed by atoms with van der Waals surface area (Å²) in [6, 6.07) is 0. The highest BCUT2D eigenvalue weighted by Gasteiger charge is 2.19. The Bertz CT molecular complexity index is 314. The van der Waals surface area contributed by atoms with Gasteiger partial charge >= 0.3 is 0 Å². The fourth-order valence-corrected chi connectivity index (χ4v) is 2.85. The lowest BCUT2D eigenvalue weighted by Crippen LogP contribution is -2.07. The molecule has 1 N–H and O–H groups in total. The fourth-order valence-electron chi connectivity index (χ4n) is 2.12. The maximum Gasteiger partial charge on any atom is 0.0919 e. The summed E-state index contributed by atoms with van der Waals surface area (Å²) in [7, 11) is 0. The topological polar surface area (TPSA) is 46.0 Å². The van der Waals surface area contributed by atoms with Crippen molar-refractivity contribution in [1.29, 1.82) is 0 Å². The first-order valence-electron chi connectivity index (χ1n) is 6.72. The van der Waals surface area contributed by atoms with Gasteiger partial charge in [0.05, 0.1) is 16.7 Å². The Balaban J connectivity index is 2.54. The van der Waals surface area contributed by atoms with Gasteiger partial charge in [-0.2, -0.15) is 0 Å². The average molecular weight is 256 g/mol. The van der Waals surface area contributed by atoms with Gasteiger partial charge in [-0.05, 0) is 30.3 Å². The predicted octanol–water partition coefficient (Wildman–Crippen LogP) is 3.74. The highest BCUT2D eigenvalue weighted by molar-refractivity contribution is 7.05. The van der Waals surface area contributed by atoms with Crippen molar-refractivity contribution in [2.24, 2.45) is 5.92 Å². The van der Waals surface area contributed by atoms with Gasteiger partial charge in [0.15, 0.2) is 0 Å². The van der Waals surface area contributed by atoms with Crippen LogP contribution in [-0.4, -0.2) is 14.7 Å². The Morgan fingerprint density at radius 2 is 2.06 bits per heavy atom. The molecule has 4 heteroatoms. The number of aryl methyl sites for hydroxylation is 1. The van der Waals surface area contributed by atoms with E-state index in [-0.39, 0.29) is 6.10 Å². The van der Waals surface area contributed by atoms with Crippen molar-refractivity contribution >= 4 is 11.5 Å². The Morgan fingerprint density at radius 1 is 1.29 bits per heavy atom. The fraction of sp³-hybridized carbons (Fsp3) is 0.846. The van der Waals surface area contributed by atoms with Crippen LogP contribution in [0.3, 0.4) is 0 Å². The van der Waals surface area contributed by atoms with Gasteiger partial charge in [-0.25, -0.2) is 0 Å². The van der Waals surface area contributed by atoms with Crippen LogP contribution in [0, 0.1) is 5.92 Å². The van der Waals surface area contributed by atoms with Crippen molar-refractivity contribution in [3.63, 3.8) is 0 Å². The van der Waals surface area contributed by atoms with Crippen LogP contribution >= 0.6 is 11.5 Å². The van der Waals surface area contributed by atoms with Gasteiger partial charge in [-0.3, -0.25) is 0 Å². The number of hydrogen-bond acceptors (Lipinski definition) is 4. The second kappa shape index (κ2) is 7.77. The third-order valence-electron chi connectivity index (χ3n) is 3.32. The van der Waals surface area contributed by atoms with Gasteiger partial charge < -0.3 is 5.11 Å². The molecule has 0 amide bonds. The van der Waals surface area contributed by atoms with E-state index in [9.17, 15) is 5.11 Å². The zero-order valence-corrected chi connectivity index (χ0v) is 12.0. The molecule has 1 aromatic rings. The third kappa shape index (κ3) is 4.36. The maximum atomic E-state index is 10.3. The molecule has 1 heterocycles. The summed E-state index contributed by atoms with van der Waals surface area (Å²) in [5.74, 6) is 0.622. The number of unbranched alkanes of at least 4 members (excludes halogenated alkanes) is 1. The Labute approximate surface area is 108 Å². The first kappa shape index (κ1) is 14.6. The van der Waals surface area contributed by atoms with Gasteiger partial charge in [0.2, 0.25) is 0 Å². The van der Waals surface area contributed by atoms with Crippen LogP contribution < -0.4 is 0 Å². The van der Waals surface area contributed by atoms with E-state index >= 15 is 0 Å². The first-order chi connectivity index (χ1) is 8.22. The smallest absolute Gasteiger partial charge is 0.0919 e. The number of nitrogens with zero attached hydrogens (tertiary/aromatic N) is 2. The molecule has 0 aliphatic rings. The Hall–Kier alpha value is -0.480. The average Bonchev–Trinajstić information content (AvgIpc) is 2.82. The predicted molar refractivity (Wildman–Crippen MR) is 72.2 cm³/mol. The van der Waals surface area contributed by atoms with Crippen LogP contribution in [0.15, 0.2) is 0 Å². The quantitative estimate of drug-likeness (QED) is 0.770. The summed E-state index contributed by atoms with van der Waals surface area (Å²) in [5.41, 5.74) is 0.966. The molecule has 0 saturated heterocycles. The number of aliphatic hydroxyl groups excluding tert-OH is 1. The van der Waals surface area contributed by atoms with Gasteiger partial charge in [-0.15, -0.1) is 5.10 Å². The van der Waals surface area contributed by atoms with E-state index in [1.165, 1.54) is 30.8 Å². The lowest BCUT2D eigenvalue weighted by atomic mass is 9.92. The normalized spacial score (nSPS) is 14.8. The molecule has 0 bridgehead atoms. The molecule has 0 aliphatic carbocycles. The van der Waals surface area contributed by atoms with Crippen molar-refractivity contribution in [3.8, 4) is 0 Å². The molecule has 1 aromatic heterocycles. The van der Waals surface area contributed by atoms with Gasteiger partial charge in [0.1, 0.15) is 0 Å². The number of hydrogen-bond donors (Lipinski definition) is 1. The Kier molecular flexibility index (Phi) is 6.66. The van der Waals surface area contributed by atoms with Crippen LogP contribution in [-0.2, 0) is 6.42 Å². The van der Waals surface area contributed by atoms with E-state index in [4.69, 9.17) is 0 Å². The molecule has 2 atom stereocenters. The van der Waals surface area contributed by atoms with Gasteiger partial charge in [0.25, 0.3) is 0 Å². The van der Waals surface area contributed by atoms with Gasteiger partial charge in [0, 0.05) is 0 Å². The highest BCUT2D eigenvalue weighted by Crippen LogP contribution is 2.29.